The summed E-state index contributed by atoms with van der Waals surface area (Å²) < 4.78 is 81.7. The topological polar surface area (TPSA) is 109 Å². The van der Waals surface area contributed by atoms with E-state index < -0.39 is 67.4 Å². The van der Waals surface area contributed by atoms with Gasteiger partial charge in [0.05, 0.1) is 52.9 Å². The van der Waals surface area contributed by atoms with Crippen molar-refractivity contribution in [2.24, 2.45) is 0 Å². The van der Waals surface area contributed by atoms with Crippen molar-refractivity contribution in [1.82, 2.24) is 0 Å². The Hall–Kier alpha value is -4.60. The zero-order valence-electron chi connectivity index (χ0n) is 36.4. The Labute approximate surface area is 375 Å². The fourth-order valence-corrected chi connectivity index (χ4v) is 9.11. The van der Waals surface area contributed by atoms with Gasteiger partial charge in [0.25, 0.3) is 0 Å². The van der Waals surface area contributed by atoms with Crippen LogP contribution in [0.4, 0.5) is 4.39 Å². The molecule has 8 rings (SSSR count). The molecule has 4 bridgehead atoms. The van der Waals surface area contributed by atoms with Crippen LogP contribution in [-0.2, 0) is 104 Å². The first-order chi connectivity index (χ1) is 31.4. The van der Waals surface area contributed by atoms with Gasteiger partial charge in [0.15, 0.2) is 12.4 Å². The lowest BCUT2D eigenvalue weighted by molar-refractivity contribution is -0.363. The molecule has 4 aromatic rings. The number of alkyl halides is 1. The molecular formula is C52H59FO11. The third kappa shape index (κ3) is 11.2. The van der Waals surface area contributed by atoms with E-state index in [1.165, 1.54) is 12.5 Å². The number of hydrogen-bond donors (Lipinski definition) is 0. The van der Waals surface area contributed by atoms with Gasteiger partial charge in [-0.05, 0) is 70.2 Å². The summed E-state index contributed by atoms with van der Waals surface area (Å²) in [5.74, 6) is -0.529. The van der Waals surface area contributed by atoms with Crippen LogP contribution in [0, 0.1) is 0 Å². The molecule has 12 heteroatoms. The number of hydrogen-bond acceptors (Lipinski definition) is 11. The van der Waals surface area contributed by atoms with Crippen LogP contribution in [0.15, 0.2) is 122 Å². The summed E-state index contributed by atoms with van der Waals surface area (Å²) in [6.07, 6.45) is -4.92. The first kappa shape index (κ1) is 45.9. The molecule has 0 spiro atoms. The Morgan fingerprint density at radius 2 is 0.984 bits per heavy atom. The Balaban J connectivity index is 1.19. The quantitative estimate of drug-likeness (QED) is 0.122. The minimum atomic E-state index is -1.90. The molecular weight excluding hydrogens is 820 g/mol. The van der Waals surface area contributed by atoms with Gasteiger partial charge in [-0.2, -0.15) is 0 Å². The Morgan fingerprint density at radius 3 is 1.44 bits per heavy atom. The fraction of sp³-hybridized carbons (Fsp3) is 0.442. The van der Waals surface area contributed by atoms with E-state index in [1.54, 1.807) is 12.2 Å². The summed E-state index contributed by atoms with van der Waals surface area (Å²) in [4.78, 5) is 12.9. The number of carbonyl (C=O) groups excluding carboxylic acids is 1. The average Bonchev–Trinajstić information content (AvgIpc) is 3.30. The molecule has 0 amide bonds. The van der Waals surface area contributed by atoms with Crippen LogP contribution < -0.4 is 0 Å². The highest BCUT2D eigenvalue weighted by Crippen LogP contribution is 2.37. The van der Waals surface area contributed by atoms with E-state index in [2.05, 4.69) is 43.5 Å². The SMILES string of the molecule is C=CCO[C@H]1[C@@H](O[C@H]2[C@@H]3OCc4ccccc4CCc4ccccc4COC[C@H]2OC(F)[C@@H]3OCC=C)O[C@@H]2COCc3ccccc3CCc3ccccc3CO[C@H]1[C@@H]2OC(C)=O. The lowest BCUT2D eigenvalue weighted by atomic mass is 9.95. The third-order valence-electron chi connectivity index (χ3n) is 12.3. The maximum absolute atomic E-state index is 16.5. The van der Waals surface area contributed by atoms with E-state index in [0.29, 0.717) is 0 Å². The molecule has 4 aliphatic heterocycles. The lowest BCUT2D eigenvalue weighted by Crippen LogP contribution is -2.66. The second-order valence-electron chi connectivity index (χ2n) is 16.6. The van der Waals surface area contributed by atoms with Crippen molar-refractivity contribution in [1.29, 1.82) is 0 Å². The van der Waals surface area contributed by atoms with E-state index in [1.807, 2.05) is 66.7 Å². The van der Waals surface area contributed by atoms with Gasteiger partial charge in [-0.1, -0.05) is 109 Å². The van der Waals surface area contributed by atoms with Crippen LogP contribution >= 0.6 is 0 Å². The molecule has 11 nitrogen and oxygen atoms in total. The predicted molar refractivity (Wildman–Crippen MR) is 236 cm³/mol. The maximum Gasteiger partial charge on any atom is 0.303 e. The molecule has 0 saturated carbocycles. The van der Waals surface area contributed by atoms with Crippen LogP contribution in [0.1, 0.15) is 51.4 Å². The highest BCUT2D eigenvalue weighted by molar-refractivity contribution is 5.66. The molecule has 10 atom stereocenters. The standard InChI is InChI=1S/C52H59FO11/c1-4-26-57-49-47-46(43(62-51(49)53)32-55-28-39-18-10-6-14-35(39)22-24-37-16-8-12-20-41(37)30-59-47)64-52-50(58-27-5-2)48-45(61-34(3)54)44(63-52)33-56-29-40-19-11-7-15-36(40)23-25-38-17-9-13-21-42(38)31-60-48/h4-21,43-52H,1-2,22-33H2,3H3/t43-,44-,45-,46-,47+,48+,49-,50-,51?,52-/m1/s1. The minimum Gasteiger partial charge on any atom is -0.457 e. The molecule has 4 heterocycles. The van der Waals surface area contributed by atoms with Crippen molar-refractivity contribution < 1.29 is 56.6 Å². The van der Waals surface area contributed by atoms with Crippen molar-refractivity contribution in [3.05, 3.63) is 167 Å². The molecule has 0 N–H and O–H groups in total. The fourth-order valence-electron chi connectivity index (χ4n) is 9.11. The predicted octanol–water partition coefficient (Wildman–Crippen LogP) is 7.67. The molecule has 4 aromatic carbocycles. The summed E-state index contributed by atoms with van der Waals surface area (Å²) in [5.41, 5.74) is 8.56. The Bertz CT molecular complexity index is 2160. The Morgan fingerprint density at radius 1 is 0.578 bits per heavy atom. The van der Waals surface area contributed by atoms with Crippen LogP contribution in [0.25, 0.3) is 0 Å². The summed E-state index contributed by atoms with van der Waals surface area (Å²) >= 11 is 0. The zero-order valence-corrected chi connectivity index (χ0v) is 36.4. The summed E-state index contributed by atoms with van der Waals surface area (Å²) in [5, 5.41) is 0. The molecule has 2 fully saturated rings. The van der Waals surface area contributed by atoms with Crippen molar-refractivity contribution in [3.8, 4) is 0 Å². The Kier molecular flexibility index (Phi) is 16.2. The number of esters is 1. The molecule has 1 unspecified atom stereocenters. The monoisotopic (exact) mass is 878 g/mol. The van der Waals surface area contributed by atoms with Crippen LogP contribution in [-0.4, -0.2) is 93.9 Å². The number of halogens is 1. The zero-order chi connectivity index (χ0) is 44.3. The number of ether oxygens (including phenoxy) is 10. The van der Waals surface area contributed by atoms with Crippen LogP contribution in [0.5, 0.6) is 0 Å². The summed E-state index contributed by atoms with van der Waals surface area (Å²) in [6, 6.07) is 32.6. The van der Waals surface area contributed by atoms with Crippen molar-refractivity contribution in [2.75, 3.05) is 26.4 Å². The van der Waals surface area contributed by atoms with Gasteiger partial charge in [-0.15, -0.1) is 13.2 Å². The number of carbonyl (C=O) groups is 1. The number of benzene rings is 4. The largest absolute Gasteiger partial charge is 0.457 e. The van der Waals surface area contributed by atoms with E-state index in [4.69, 9.17) is 47.4 Å². The molecule has 2 saturated heterocycles. The van der Waals surface area contributed by atoms with E-state index in [0.717, 1.165) is 64.6 Å². The molecule has 0 radical (unpaired) electrons. The lowest BCUT2D eigenvalue weighted by Gasteiger charge is -2.49. The molecule has 0 aliphatic carbocycles. The van der Waals surface area contributed by atoms with Crippen molar-refractivity contribution >= 4 is 5.97 Å². The normalized spacial score (nSPS) is 28.9. The van der Waals surface area contributed by atoms with Gasteiger partial charge in [-0.25, -0.2) is 4.39 Å². The smallest absolute Gasteiger partial charge is 0.303 e. The van der Waals surface area contributed by atoms with E-state index >= 15 is 4.39 Å². The van der Waals surface area contributed by atoms with Crippen LogP contribution in [0.2, 0.25) is 0 Å². The van der Waals surface area contributed by atoms with Gasteiger partial charge in [-0.3, -0.25) is 4.79 Å². The average molecular weight is 879 g/mol. The molecule has 64 heavy (non-hydrogen) atoms. The second-order valence-corrected chi connectivity index (χ2v) is 16.6. The van der Waals surface area contributed by atoms with Gasteiger partial charge < -0.3 is 47.4 Å². The second kappa shape index (κ2) is 22.5. The maximum atomic E-state index is 16.5. The van der Waals surface area contributed by atoms with Crippen LogP contribution in [0.3, 0.4) is 0 Å². The molecule has 4 aliphatic rings. The van der Waals surface area contributed by atoms with E-state index in [-0.39, 0.29) is 52.9 Å². The molecule has 340 valence electrons. The number of aryl methyl sites for hydroxylation is 4. The summed E-state index contributed by atoms with van der Waals surface area (Å²) in [7, 11) is 0. The van der Waals surface area contributed by atoms with Gasteiger partial charge >= 0.3 is 5.97 Å². The highest BCUT2D eigenvalue weighted by Gasteiger charge is 2.55. The number of fused-ring (bicyclic) bond motifs is 8. The van der Waals surface area contributed by atoms with Gasteiger partial charge in [0.2, 0.25) is 6.36 Å². The van der Waals surface area contributed by atoms with Crippen molar-refractivity contribution in [2.45, 2.75) is 121 Å². The van der Waals surface area contributed by atoms with E-state index in [9.17, 15) is 4.79 Å². The molecule has 0 aromatic heterocycles. The first-order valence-electron chi connectivity index (χ1n) is 22.3. The minimum absolute atomic E-state index is 0.0121. The van der Waals surface area contributed by atoms with Gasteiger partial charge in [0.1, 0.15) is 42.7 Å². The van der Waals surface area contributed by atoms with Crippen molar-refractivity contribution in [3.63, 3.8) is 0 Å². The first-order valence-corrected chi connectivity index (χ1v) is 22.3. The highest BCUT2D eigenvalue weighted by atomic mass is 19.1. The van der Waals surface area contributed by atoms with Gasteiger partial charge in [0, 0.05) is 6.92 Å². The summed E-state index contributed by atoms with van der Waals surface area (Å²) in [6.45, 7) is 9.99. The third-order valence-corrected chi connectivity index (χ3v) is 12.3. The number of rotatable bonds is 9.